The van der Waals surface area contributed by atoms with Gasteiger partial charge in [-0.2, -0.15) is 0 Å². The van der Waals surface area contributed by atoms with Crippen molar-refractivity contribution in [2.75, 3.05) is 7.11 Å². The van der Waals surface area contributed by atoms with Crippen LogP contribution in [0.25, 0.3) is 0 Å². The van der Waals surface area contributed by atoms with Crippen LogP contribution in [0.4, 0.5) is 4.39 Å². The van der Waals surface area contributed by atoms with E-state index in [0.717, 1.165) is 0 Å². The Kier molecular flexibility index (Phi) is 2.57. The highest BCUT2D eigenvalue weighted by molar-refractivity contribution is 5.38. The van der Waals surface area contributed by atoms with Crippen LogP contribution in [0.3, 0.4) is 0 Å². The molecule has 0 saturated carbocycles. The van der Waals surface area contributed by atoms with E-state index in [1.165, 1.54) is 13.2 Å². The molecule has 1 rings (SSSR count). The number of rotatable bonds is 2. The van der Waals surface area contributed by atoms with E-state index >= 15 is 0 Å². The molecular formula is C10H13FO2. The van der Waals surface area contributed by atoms with Gasteiger partial charge in [0, 0.05) is 5.56 Å². The fourth-order valence-electron chi connectivity index (χ4n) is 1.20. The number of hydrogen-bond acceptors (Lipinski definition) is 2. The highest BCUT2D eigenvalue weighted by atomic mass is 19.1. The van der Waals surface area contributed by atoms with Crippen molar-refractivity contribution in [1.29, 1.82) is 0 Å². The lowest BCUT2D eigenvalue weighted by molar-refractivity contribution is 0.0749. The Morgan fingerprint density at radius 1 is 1.38 bits per heavy atom. The third kappa shape index (κ3) is 1.98. The molecular weight excluding hydrogens is 171 g/mol. The Labute approximate surface area is 77.0 Å². The van der Waals surface area contributed by atoms with Crippen molar-refractivity contribution >= 4 is 0 Å². The van der Waals surface area contributed by atoms with Gasteiger partial charge in [0.25, 0.3) is 0 Å². The van der Waals surface area contributed by atoms with Crippen LogP contribution in [-0.4, -0.2) is 12.2 Å². The van der Waals surface area contributed by atoms with Crippen molar-refractivity contribution in [1.82, 2.24) is 0 Å². The maximum Gasteiger partial charge on any atom is 0.165 e. The van der Waals surface area contributed by atoms with Gasteiger partial charge in [0.2, 0.25) is 0 Å². The predicted molar refractivity (Wildman–Crippen MR) is 48.2 cm³/mol. The molecule has 1 N–H and O–H groups in total. The Bertz CT molecular complexity index is 302. The Balaban J connectivity index is 3.29. The van der Waals surface area contributed by atoms with Crippen LogP contribution < -0.4 is 4.74 Å². The molecule has 0 bridgehead atoms. The Morgan fingerprint density at radius 2 is 2.00 bits per heavy atom. The lowest BCUT2D eigenvalue weighted by Gasteiger charge is -2.20. The molecule has 0 atom stereocenters. The van der Waals surface area contributed by atoms with E-state index in [1.54, 1.807) is 26.0 Å². The first-order chi connectivity index (χ1) is 5.96. The minimum Gasteiger partial charge on any atom is -0.493 e. The molecule has 0 aliphatic rings. The summed E-state index contributed by atoms with van der Waals surface area (Å²) in [6.07, 6.45) is 0. The van der Waals surface area contributed by atoms with E-state index in [9.17, 15) is 9.50 Å². The van der Waals surface area contributed by atoms with E-state index in [1.807, 2.05) is 0 Å². The second-order valence-electron chi connectivity index (χ2n) is 3.38. The summed E-state index contributed by atoms with van der Waals surface area (Å²) in [7, 11) is 1.38. The predicted octanol–water partition coefficient (Wildman–Crippen LogP) is 2.06. The van der Waals surface area contributed by atoms with Crippen LogP contribution in [0, 0.1) is 5.82 Å². The highest BCUT2D eigenvalue weighted by Gasteiger charge is 2.22. The maximum absolute atomic E-state index is 13.1. The summed E-state index contributed by atoms with van der Waals surface area (Å²) in [6.45, 7) is 3.18. The molecule has 0 radical (unpaired) electrons. The van der Waals surface area contributed by atoms with Gasteiger partial charge in [-0.05, 0) is 19.9 Å². The summed E-state index contributed by atoms with van der Waals surface area (Å²) in [5.41, 5.74) is -0.636. The largest absolute Gasteiger partial charge is 0.493 e. The zero-order valence-corrected chi connectivity index (χ0v) is 7.97. The van der Waals surface area contributed by atoms with Gasteiger partial charge in [-0.15, -0.1) is 0 Å². The van der Waals surface area contributed by atoms with Crippen LogP contribution in [0.5, 0.6) is 5.75 Å². The van der Waals surface area contributed by atoms with Gasteiger partial charge in [0.1, 0.15) is 0 Å². The molecule has 0 aliphatic carbocycles. The standard InChI is InChI=1S/C10H13FO2/c1-10(2,12)7-5-4-6-8(11)9(7)13-3/h4-6,12H,1-3H3. The highest BCUT2D eigenvalue weighted by Crippen LogP contribution is 2.31. The minimum absolute atomic E-state index is 0.106. The summed E-state index contributed by atoms with van der Waals surface area (Å²) in [5, 5.41) is 9.68. The number of hydrogen-bond donors (Lipinski definition) is 1. The second-order valence-corrected chi connectivity index (χ2v) is 3.38. The van der Waals surface area contributed by atoms with E-state index < -0.39 is 11.4 Å². The Hall–Kier alpha value is -1.09. The molecule has 0 unspecified atom stereocenters. The topological polar surface area (TPSA) is 29.5 Å². The molecule has 1 aromatic carbocycles. The molecule has 1 aromatic rings. The fraction of sp³-hybridized carbons (Fsp3) is 0.400. The van der Waals surface area contributed by atoms with Crippen LogP contribution in [0.15, 0.2) is 18.2 Å². The summed E-state index contributed by atoms with van der Waals surface area (Å²) < 4.78 is 18.0. The van der Waals surface area contributed by atoms with Gasteiger partial charge >= 0.3 is 0 Å². The molecule has 13 heavy (non-hydrogen) atoms. The number of aliphatic hydroxyl groups is 1. The second kappa shape index (κ2) is 3.34. The monoisotopic (exact) mass is 184 g/mol. The normalized spacial score (nSPS) is 11.5. The average molecular weight is 184 g/mol. The molecule has 3 heteroatoms. The quantitative estimate of drug-likeness (QED) is 0.762. The van der Waals surface area contributed by atoms with Crippen LogP contribution in [0.1, 0.15) is 19.4 Å². The lowest BCUT2D eigenvalue weighted by Crippen LogP contribution is -2.17. The molecule has 0 saturated heterocycles. The zero-order chi connectivity index (χ0) is 10.1. The summed E-state index contributed by atoms with van der Waals surface area (Å²) in [6, 6.07) is 4.49. The number of methoxy groups -OCH3 is 1. The van der Waals surface area contributed by atoms with E-state index in [4.69, 9.17) is 4.74 Å². The van der Waals surface area contributed by atoms with Crippen LogP contribution in [0.2, 0.25) is 0 Å². The van der Waals surface area contributed by atoms with Gasteiger partial charge in [0.05, 0.1) is 12.7 Å². The molecule has 0 aliphatic heterocycles. The van der Waals surface area contributed by atoms with E-state index in [-0.39, 0.29) is 5.75 Å². The van der Waals surface area contributed by atoms with Gasteiger partial charge in [-0.25, -0.2) is 4.39 Å². The fourth-order valence-corrected chi connectivity index (χ4v) is 1.20. The summed E-state index contributed by atoms with van der Waals surface area (Å²) in [4.78, 5) is 0. The molecule has 72 valence electrons. The first kappa shape index (κ1) is 9.99. The number of ether oxygens (including phenoxy) is 1. The molecule has 0 fully saturated rings. The molecule has 0 amide bonds. The third-order valence-corrected chi connectivity index (χ3v) is 1.83. The van der Waals surface area contributed by atoms with Crippen molar-refractivity contribution in [2.45, 2.75) is 19.4 Å². The lowest BCUT2D eigenvalue weighted by atomic mass is 9.97. The minimum atomic E-state index is -1.09. The van der Waals surface area contributed by atoms with Crippen LogP contribution >= 0.6 is 0 Å². The van der Waals surface area contributed by atoms with Gasteiger partial charge < -0.3 is 9.84 Å². The van der Waals surface area contributed by atoms with E-state index in [0.29, 0.717) is 5.56 Å². The van der Waals surface area contributed by atoms with Gasteiger partial charge in [-0.3, -0.25) is 0 Å². The maximum atomic E-state index is 13.1. The number of benzene rings is 1. The SMILES string of the molecule is COc1c(F)cccc1C(C)(C)O. The van der Waals surface area contributed by atoms with E-state index in [2.05, 4.69) is 0 Å². The van der Waals surface area contributed by atoms with Gasteiger partial charge in [-0.1, -0.05) is 12.1 Å². The molecule has 0 spiro atoms. The first-order valence-corrected chi connectivity index (χ1v) is 4.02. The summed E-state index contributed by atoms with van der Waals surface area (Å²) >= 11 is 0. The number of halogens is 1. The molecule has 0 aromatic heterocycles. The smallest absolute Gasteiger partial charge is 0.165 e. The van der Waals surface area contributed by atoms with Crippen molar-refractivity contribution < 1.29 is 14.2 Å². The van der Waals surface area contributed by atoms with Crippen molar-refractivity contribution in [2.24, 2.45) is 0 Å². The average Bonchev–Trinajstić information content (AvgIpc) is 2.02. The van der Waals surface area contributed by atoms with Crippen molar-refractivity contribution in [3.8, 4) is 5.75 Å². The zero-order valence-electron chi connectivity index (χ0n) is 7.97. The summed E-state index contributed by atoms with van der Waals surface area (Å²) in [5.74, 6) is -0.350. The first-order valence-electron chi connectivity index (χ1n) is 4.02. The van der Waals surface area contributed by atoms with Crippen LogP contribution in [-0.2, 0) is 5.60 Å². The van der Waals surface area contributed by atoms with Crippen molar-refractivity contribution in [3.63, 3.8) is 0 Å². The number of para-hydroxylation sites is 1. The third-order valence-electron chi connectivity index (χ3n) is 1.83. The molecule has 0 heterocycles. The molecule has 2 nitrogen and oxygen atoms in total. The van der Waals surface area contributed by atoms with Gasteiger partial charge in [0.15, 0.2) is 11.6 Å². The Morgan fingerprint density at radius 3 is 2.38 bits per heavy atom. The van der Waals surface area contributed by atoms with Crippen molar-refractivity contribution in [3.05, 3.63) is 29.6 Å².